The average molecular weight is 335 g/mol. The van der Waals surface area contributed by atoms with E-state index in [0.29, 0.717) is 12.5 Å². The van der Waals surface area contributed by atoms with Crippen molar-refractivity contribution in [1.82, 2.24) is 0 Å². The van der Waals surface area contributed by atoms with Crippen molar-refractivity contribution in [3.8, 4) is 11.5 Å². The van der Waals surface area contributed by atoms with E-state index in [1.54, 1.807) is 6.07 Å². The fourth-order valence-corrected chi connectivity index (χ4v) is 4.01. The molecule has 1 aliphatic heterocycles. The lowest BCUT2D eigenvalue weighted by Gasteiger charge is -2.20. The molecule has 0 unspecified atom stereocenters. The number of aromatic hydroxyl groups is 1. The van der Waals surface area contributed by atoms with Crippen LogP contribution in [-0.2, 0) is 6.42 Å². The molecule has 0 spiro atoms. The van der Waals surface area contributed by atoms with Crippen LogP contribution in [0.25, 0.3) is 21.5 Å². The second-order valence-electron chi connectivity index (χ2n) is 7.55. The van der Waals surface area contributed by atoms with Gasteiger partial charge < -0.3 is 14.7 Å². The number of likely N-dealkylation sites (N-methyl/N-ethyl adjacent to an activating group) is 1. The van der Waals surface area contributed by atoms with E-state index in [9.17, 15) is 5.11 Å². The van der Waals surface area contributed by atoms with E-state index < -0.39 is 0 Å². The van der Waals surface area contributed by atoms with Crippen molar-refractivity contribution in [2.24, 2.45) is 5.92 Å². The van der Waals surface area contributed by atoms with Gasteiger partial charge >= 0.3 is 0 Å². The average Bonchev–Trinajstić information content (AvgIpc) is 2.95. The van der Waals surface area contributed by atoms with Gasteiger partial charge in [0.15, 0.2) is 0 Å². The molecular weight excluding hydrogens is 310 g/mol. The zero-order valence-corrected chi connectivity index (χ0v) is 15.4. The smallest absolute Gasteiger partial charge is 0.130 e. The second kappa shape index (κ2) is 5.83. The summed E-state index contributed by atoms with van der Waals surface area (Å²) < 4.78 is 6.24. The van der Waals surface area contributed by atoms with E-state index in [1.165, 1.54) is 27.6 Å². The van der Waals surface area contributed by atoms with Gasteiger partial charge in [-0.3, -0.25) is 0 Å². The third-order valence-corrected chi connectivity index (χ3v) is 5.21. The van der Waals surface area contributed by atoms with Crippen molar-refractivity contribution in [1.29, 1.82) is 0 Å². The summed E-state index contributed by atoms with van der Waals surface area (Å²) in [5, 5.41) is 14.7. The Balaban J connectivity index is 2.09. The molecule has 0 amide bonds. The summed E-state index contributed by atoms with van der Waals surface area (Å²) in [5.74, 6) is 1.65. The molecule has 3 aromatic rings. The molecule has 0 atom stereocenters. The largest absolute Gasteiger partial charge is 0.508 e. The lowest BCUT2D eigenvalue weighted by atomic mass is 9.92. The maximum absolute atomic E-state index is 10.0. The van der Waals surface area contributed by atoms with Gasteiger partial charge in [0.2, 0.25) is 0 Å². The number of rotatable bonds is 3. The summed E-state index contributed by atoms with van der Waals surface area (Å²) in [6, 6.07) is 10.1. The standard InChI is InChI=1S/C22H25NO2/c1-13(2)12-25-22-14(3)21-17(16-6-5-15(24)11-19(16)22)7-8-20-18(21)9-10-23(20)4/h5-8,11,13,24H,9-10,12H2,1-4H3. The van der Waals surface area contributed by atoms with Crippen molar-refractivity contribution in [3.05, 3.63) is 41.5 Å². The third-order valence-electron chi connectivity index (χ3n) is 5.21. The number of fused-ring (bicyclic) bond motifs is 5. The fraction of sp³-hybridized carbons (Fsp3) is 0.364. The molecule has 0 bridgehead atoms. The summed E-state index contributed by atoms with van der Waals surface area (Å²) in [6.45, 7) is 8.20. The first-order chi connectivity index (χ1) is 12.0. The van der Waals surface area contributed by atoms with Crippen molar-refractivity contribution in [2.45, 2.75) is 27.2 Å². The molecule has 3 heteroatoms. The number of nitrogens with zero attached hydrogens (tertiary/aromatic N) is 1. The summed E-state index contributed by atoms with van der Waals surface area (Å²) in [4.78, 5) is 2.32. The Bertz CT molecular complexity index is 975. The SMILES string of the molecule is Cc1c(OCC(C)C)c2cc(O)ccc2c2ccc3c(c12)CCN3C. The first-order valence-corrected chi connectivity index (χ1v) is 9.02. The molecule has 0 aromatic heterocycles. The van der Waals surface area contributed by atoms with Gasteiger partial charge in [-0.15, -0.1) is 0 Å². The van der Waals surface area contributed by atoms with Gasteiger partial charge in [0.25, 0.3) is 0 Å². The molecular formula is C22H25NO2. The van der Waals surface area contributed by atoms with Crippen LogP contribution < -0.4 is 9.64 Å². The van der Waals surface area contributed by atoms with Gasteiger partial charge in [-0.25, -0.2) is 0 Å². The molecule has 3 aromatic carbocycles. The first kappa shape index (κ1) is 16.1. The topological polar surface area (TPSA) is 32.7 Å². The molecule has 130 valence electrons. The molecule has 1 N–H and O–H groups in total. The first-order valence-electron chi connectivity index (χ1n) is 9.02. The molecule has 0 fully saturated rings. The lowest BCUT2D eigenvalue weighted by Crippen LogP contribution is -2.12. The number of hydrogen-bond acceptors (Lipinski definition) is 3. The molecule has 0 saturated heterocycles. The Morgan fingerprint density at radius 1 is 1.12 bits per heavy atom. The molecule has 0 saturated carbocycles. The number of benzene rings is 3. The Morgan fingerprint density at radius 2 is 1.88 bits per heavy atom. The Labute approximate surface area is 148 Å². The number of phenols is 1. The summed E-state index contributed by atoms with van der Waals surface area (Å²) in [6.07, 6.45) is 1.07. The summed E-state index contributed by atoms with van der Waals surface area (Å²) >= 11 is 0. The maximum Gasteiger partial charge on any atom is 0.130 e. The van der Waals surface area contributed by atoms with E-state index in [-0.39, 0.29) is 5.75 Å². The van der Waals surface area contributed by atoms with E-state index in [0.717, 1.165) is 29.5 Å². The highest BCUT2D eigenvalue weighted by atomic mass is 16.5. The van der Waals surface area contributed by atoms with Crippen LogP contribution in [0.5, 0.6) is 11.5 Å². The van der Waals surface area contributed by atoms with Crippen molar-refractivity contribution < 1.29 is 9.84 Å². The number of anilines is 1. The number of ether oxygens (including phenoxy) is 1. The maximum atomic E-state index is 10.0. The van der Waals surface area contributed by atoms with Crippen LogP contribution in [0.15, 0.2) is 30.3 Å². The zero-order valence-electron chi connectivity index (χ0n) is 15.4. The van der Waals surface area contributed by atoms with E-state index in [4.69, 9.17) is 4.74 Å². The minimum atomic E-state index is 0.279. The number of phenolic OH excluding ortho intramolecular Hbond substituents is 1. The Kier molecular flexibility index (Phi) is 3.75. The third kappa shape index (κ3) is 2.50. The van der Waals surface area contributed by atoms with Crippen LogP contribution in [0.1, 0.15) is 25.0 Å². The van der Waals surface area contributed by atoms with Crippen LogP contribution in [-0.4, -0.2) is 25.3 Å². The fourth-order valence-electron chi connectivity index (χ4n) is 4.01. The lowest BCUT2D eigenvalue weighted by molar-refractivity contribution is 0.273. The molecule has 4 rings (SSSR count). The van der Waals surface area contributed by atoms with Crippen molar-refractivity contribution in [2.75, 3.05) is 25.1 Å². The summed E-state index contributed by atoms with van der Waals surface area (Å²) in [5.41, 5.74) is 3.92. The minimum absolute atomic E-state index is 0.279. The predicted molar refractivity (Wildman–Crippen MR) is 105 cm³/mol. The van der Waals surface area contributed by atoms with Gasteiger partial charge in [-0.05, 0) is 70.8 Å². The van der Waals surface area contributed by atoms with Crippen LogP contribution in [0.2, 0.25) is 0 Å². The molecule has 25 heavy (non-hydrogen) atoms. The Hall–Kier alpha value is -2.42. The monoisotopic (exact) mass is 335 g/mol. The highest BCUT2D eigenvalue weighted by molar-refractivity contribution is 6.14. The van der Waals surface area contributed by atoms with Crippen molar-refractivity contribution in [3.63, 3.8) is 0 Å². The normalized spacial score (nSPS) is 13.9. The number of aryl methyl sites for hydroxylation is 1. The molecule has 1 aliphatic rings. The van der Waals surface area contributed by atoms with Gasteiger partial charge in [-0.1, -0.05) is 19.9 Å². The highest BCUT2D eigenvalue weighted by Crippen LogP contribution is 2.44. The Morgan fingerprint density at radius 3 is 2.64 bits per heavy atom. The van der Waals surface area contributed by atoms with Gasteiger partial charge in [0.05, 0.1) is 6.61 Å². The molecule has 0 aliphatic carbocycles. The van der Waals surface area contributed by atoms with Gasteiger partial charge in [-0.2, -0.15) is 0 Å². The molecule has 1 heterocycles. The molecule has 0 radical (unpaired) electrons. The van der Waals surface area contributed by atoms with E-state index in [1.807, 2.05) is 12.1 Å². The minimum Gasteiger partial charge on any atom is -0.508 e. The molecule has 3 nitrogen and oxygen atoms in total. The van der Waals surface area contributed by atoms with E-state index in [2.05, 4.69) is 44.9 Å². The predicted octanol–water partition coefficient (Wildman–Crippen LogP) is 5.03. The highest BCUT2D eigenvalue weighted by Gasteiger charge is 2.23. The zero-order chi connectivity index (χ0) is 17.7. The van der Waals surface area contributed by atoms with Crippen LogP contribution in [0.4, 0.5) is 5.69 Å². The summed E-state index contributed by atoms with van der Waals surface area (Å²) in [7, 11) is 2.16. The van der Waals surface area contributed by atoms with Crippen LogP contribution >= 0.6 is 0 Å². The van der Waals surface area contributed by atoms with Crippen LogP contribution in [0, 0.1) is 12.8 Å². The number of hydrogen-bond donors (Lipinski definition) is 1. The van der Waals surface area contributed by atoms with E-state index >= 15 is 0 Å². The van der Waals surface area contributed by atoms with Gasteiger partial charge in [0.1, 0.15) is 11.5 Å². The second-order valence-corrected chi connectivity index (χ2v) is 7.55. The van der Waals surface area contributed by atoms with Crippen molar-refractivity contribution >= 4 is 27.2 Å². The quantitative estimate of drug-likeness (QED) is 0.681. The van der Waals surface area contributed by atoms with Gasteiger partial charge in [0, 0.05) is 24.7 Å². The van der Waals surface area contributed by atoms with Crippen LogP contribution in [0.3, 0.4) is 0 Å².